The quantitative estimate of drug-likeness (QED) is 0.201. The van der Waals surface area contributed by atoms with Gasteiger partial charge in [0, 0.05) is 42.6 Å². The van der Waals surface area contributed by atoms with Crippen LogP contribution in [0.4, 0.5) is 30.8 Å². The van der Waals surface area contributed by atoms with E-state index in [1.165, 1.54) is 24.3 Å². The lowest BCUT2D eigenvalue weighted by atomic mass is 10.0. The SMILES string of the molecule is O=C(Oc1ccc([N+](=O)[O-])cc1)O[C@@H]1CC[C@H](c2cc(Nc3ccc4c(c3)CC(F)(F)C4)[nH]n2)C1. The average Bonchev–Trinajstić information content (AvgIpc) is 3.51. The Morgan fingerprint density at radius 3 is 2.66 bits per heavy atom. The first kappa shape index (κ1) is 22.8. The van der Waals surface area contributed by atoms with Gasteiger partial charge in [-0.2, -0.15) is 5.10 Å². The molecule has 1 fully saturated rings. The molecule has 0 radical (unpaired) electrons. The highest BCUT2D eigenvalue weighted by Crippen LogP contribution is 2.38. The summed E-state index contributed by atoms with van der Waals surface area (Å²) in [5.41, 5.74) is 2.74. The number of hydrogen-bond acceptors (Lipinski definition) is 7. The number of fused-ring (bicyclic) bond motifs is 1. The number of hydrogen-bond donors (Lipinski definition) is 2. The molecule has 2 aromatic carbocycles. The van der Waals surface area contributed by atoms with Gasteiger partial charge in [-0.05, 0) is 54.7 Å². The number of H-pyrrole nitrogens is 1. The molecule has 0 bridgehead atoms. The molecule has 2 atom stereocenters. The number of anilines is 2. The summed E-state index contributed by atoms with van der Waals surface area (Å²) < 4.78 is 37.8. The van der Waals surface area contributed by atoms with Gasteiger partial charge >= 0.3 is 6.16 Å². The predicted octanol–water partition coefficient (Wildman–Crippen LogP) is 5.65. The average molecular weight is 484 g/mol. The number of nitro groups is 1. The molecule has 0 saturated heterocycles. The van der Waals surface area contributed by atoms with Crippen LogP contribution in [-0.2, 0) is 17.6 Å². The van der Waals surface area contributed by atoms with Gasteiger partial charge in [0.2, 0.25) is 0 Å². The number of aromatic nitrogens is 2. The largest absolute Gasteiger partial charge is 0.514 e. The number of benzene rings is 2. The Morgan fingerprint density at radius 1 is 1.11 bits per heavy atom. The third-order valence-corrected chi connectivity index (χ3v) is 6.30. The molecule has 5 rings (SSSR count). The van der Waals surface area contributed by atoms with Crippen molar-refractivity contribution >= 4 is 23.3 Å². The summed E-state index contributed by atoms with van der Waals surface area (Å²) in [6.07, 6.45) is 0.328. The molecule has 0 unspecified atom stereocenters. The van der Waals surface area contributed by atoms with Crippen LogP contribution in [0.1, 0.15) is 42.0 Å². The van der Waals surface area contributed by atoms with E-state index < -0.39 is 17.0 Å². The number of ether oxygens (including phenoxy) is 2. The van der Waals surface area contributed by atoms with E-state index in [0.29, 0.717) is 35.5 Å². The summed E-state index contributed by atoms with van der Waals surface area (Å²) >= 11 is 0. The van der Waals surface area contributed by atoms with E-state index >= 15 is 0 Å². The van der Waals surface area contributed by atoms with Crippen LogP contribution in [0.2, 0.25) is 0 Å². The highest BCUT2D eigenvalue weighted by atomic mass is 19.3. The van der Waals surface area contributed by atoms with Crippen LogP contribution in [0.25, 0.3) is 0 Å². The molecule has 35 heavy (non-hydrogen) atoms. The van der Waals surface area contributed by atoms with Crippen molar-refractivity contribution in [1.82, 2.24) is 10.2 Å². The molecule has 0 aliphatic heterocycles. The van der Waals surface area contributed by atoms with Gasteiger partial charge in [0.25, 0.3) is 11.6 Å². The molecule has 2 aliphatic carbocycles. The molecular formula is C24H22F2N4O5. The number of nitro benzene ring substituents is 1. The zero-order chi connectivity index (χ0) is 24.6. The van der Waals surface area contributed by atoms with Crippen molar-refractivity contribution in [2.45, 2.75) is 50.0 Å². The zero-order valence-electron chi connectivity index (χ0n) is 18.5. The Bertz CT molecular complexity index is 1260. The minimum Gasteiger partial charge on any atom is -0.431 e. The van der Waals surface area contributed by atoms with Crippen LogP contribution in [0, 0.1) is 10.1 Å². The first-order valence-electron chi connectivity index (χ1n) is 11.2. The van der Waals surface area contributed by atoms with Gasteiger partial charge < -0.3 is 14.8 Å². The fraction of sp³-hybridized carbons (Fsp3) is 0.333. The van der Waals surface area contributed by atoms with Crippen LogP contribution in [-0.4, -0.2) is 33.3 Å². The Kier molecular flexibility index (Phi) is 5.83. The second kappa shape index (κ2) is 8.97. The number of carbonyl (C=O) groups excluding carboxylic acids is 1. The third-order valence-electron chi connectivity index (χ3n) is 6.30. The smallest absolute Gasteiger partial charge is 0.431 e. The summed E-state index contributed by atoms with van der Waals surface area (Å²) in [5, 5.41) is 21.2. The van der Waals surface area contributed by atoms with Crippen molar-refractivity contribution in [3.8, 4) is 5.75 Å². The zero-order valence-corrected chi connectivity index (χ0v) is 18.5. The van der Waals surface area contributed by atoms with E-state index in [1.807, 2.05) is 6.07 Å². The minimum absolute atomic E-state index is 0.0812. The van der Waals surface area contributed by atoms with Gasteiger partial charge in [0.1, 0.15) is 17.7 Å². The highest BCUT2D eigenvalue weighted by molar-refractivity contribution is 5.64. The number of nitrogens with one attached hydrogen (secondary N) is 2. The van der Waals surface area contributed by atoms with Crippen molar-refractivity contribution in [3.63, 3.8) is 0 Å². The molecule has 2 aliphatic rings. The van der Waals surface area contributed by atoms with Crippen LogP contribution in [0.3, 0.4) is 0 Å². The molecule has 1 saturated carbocycles. The summed E-state index contributed by atoms with van der Waals surface area (Å²) in [7, 11) is 0. The van der Waals surface area contributed by atoms with Crippen molar-refractivity contribution < 1.29 is 28.0 Å². The Morgan fingerprint density at radius 2 is 1.89 bits per heavy atom. The van der Waals surface area contributed by atoms with Gasteiger partial charge in [-0.3, -0.25) is 15.2 Å². The molecular weight excluding hydrogens is 462 g/mol. The number of carbonyl (C=O) groups is 1. The normalized spacial score (nSPS) is 20.3. The van der Waals surface area contributed by atoms with Gasteiger partial charge in [-0.25, -0.2) is 13.6 Å². The summed E-state index contributed by atoms with van der Waals surface area (Å²) in [6, 6.07) is 12.3. The Balaban J connectivity index is 1.13. The summed E-state index contributed by atoms with van der Waals surface area (Å²) in [6.45, 7) is 0. The van der Waals surface area contributed by atoms with E-state index in [-0.39, 0.29) is 36.3 Å². The van der Waals surface area contributed by atoms with Crippen molar-refractivity contribution in [2.24, 2.45) is 0 Å². The van der Waals surface area contributed by atoms with Gasteiger partial charge in [0.05, 0.1) is 10.6 Å². The summed E-state index contributed by atoms with van der Waals surface area (Å²) in [5.74, 6) is -1.80. The third kappa shape index (κ3) is 5.23. The molecule has 11 heteroatoms. The number of rotatable bonds is 6. The predicted molar refractivity (Wildman–Crippen MR) is 121 cm³/mol. The van der Waals surface area contributed by atoms with Gasteiger partial charge in [-0.1, -0.05) is 6.07 Å². The van der Waals surface area contributed by atoms with E-state index in [0.717, 1.165) is 12.1 Å². The molecule has 182 valence electrons. The lowest BCUT2D eigenvalue weighted by Crippen LogP contribution is -2.18. The second-order valence-electron chi connectivity index (χ2n) is 8.88. The Labute approximate surface area is 198 Å². The number of aromatic amines is 1. The molecule has 1 heterocycles. The first-order valence-corrected chi connectivity index (χ1v) is 11.2. The fourth-order valence-corrected chi connectivity index (χ4v) is 4.63. The van der Waals surface area contributed by atoms with Crippen LogP contribution >= 0.6 is 0 Å². The number of non-ortho nitro benzene ring substituents is 1. The van der Waals surface area contributed by atoms with Crippen LogP contribution in [0.5, 0.6) is 5.75 Å². The van der Waals surface area contributed by atoms with Gasteiger partial charge in [-0.15, -0.1) is 0 Å². The maximum Gasteiger partial charge on any atom is 0.514 e. The van der Waals surface area contributed by atoms with E-state index in [1.54, 1.807) is 18.2 Å². The lowest BCUT2D eigenvalue weighted by Gasteiger charge is -2.12. The monoisotopic (exact) mass is 484 g/mol. The Hall–Kier alpha value is -4.02. The molecule has 2 N–H and O–H groups in total. The van der Waals surface area contributed by atoms with Crippen molar-refractivity contribution in [2.75, 3.05) is 5.32 Å². The maximum atomic E-state index is 13.6. The molecule has 0 amide bonds. The number of halogens is 2. The molecule has 0 spiro atoms. The summed E-state index contributed by atoms with van der Waals surface area (Å²) in [4.78, 5) is 22.3. The minimum atomic E-state index is -2.68. The standard InChI is InChI=1S/C24H22F2N4O5/c25-24(26)12-15-1-3-17(9-16(15)13-24)27-22-11-21(28-29-22)14-2-6-20(10-14)35-23(31)34-19-7-4-18(5-8-19)30(32)33/h1,3-5,7-9,11,14,20H,2,6,10,12-13H2,(H2,27,28,29)/t14-,20+/m0/s1. The molecule has 1 aromatic heterocycles. The lowest BCUT2D eigenvalue weighted by molar-refractivity contribution is -0.384. The van der Waals surface area contributed by atoms with Gasteiger partial charge in [0.15, 0.2) is 0 Å². The molecule has 3 aromatic rings. The second-order valence-corrected chi connectivity index (χ2v) is 8.88. The first-order chi connectivity index (χ1) is 16.7. The fourth-order valence-electron chi connectivity index (χ4n) is 4.63. The number of nitrogens with zero attached hydrogens (tertiary/aromatic N) is 2. The van der Waals surface area contributed by atoms with E-state index in [9.17, 15) is 23.7 Å². The number of alkyl halides is 2. The van der Waals surface area contributed by atoms with Crippen LogP contribution in [0.15, 0.2) is 48.5 Å². The highest BCUT2D eigenvalue weighted by Gasteiger charge is 2.37. The van der Waals surface area contributed by atoms with Crippen LogP contribution < -0.4 is 10.1 Å². The van der Waals surface area contributed by atoms with E-state index in [2.05, 4.69) is 15.5 Å². The van der Waals surface area contributed by atoms with Crippen molar-refractivity contribution in [3.05, 3.63) is 75.5 Å². The molecule has 9 nitrogen and oxygen atoms in total. The van der Waals surface area contributed by atoms with E-state index in [4.69, 9.17) is 9.47 Å². The van der Waals surface area contributed by atoms with Crippen molar-refractivity contribution in [1.29, 1.82) is 0 Å². The topological polar surface area (TPSA) is 119 Å². The maximum absolute atomic E-state index is 13.6.